The molecule has 0 saturated heterocycles. The Balaban J connectivity index is 1.16. The minimum atomic E-state index is -2.51. The van der Waals surface area contributed by atoms with E-state index < -0.39 is 16.1 Å². The summed E-state index contributed by atoms with van der Waals surface area (Å²) in [7, 11) is -5.02. The van der Waals surface area contributed by atoms with Gasteiger partial charge in [0.1, 0.15) is 0 Å². The fourth-order valence-electron chi connectivity index (χ4n) is 9.52. The molecule has 0 fully saturated rings. The summed E-state index contributed by atoms with van der Waals surface area (Å²) in [6.45, 7) is 0. The zero-order valence-corrected chi connectivity index (χ0v) is 30.3. The molecule has 0 bridgehead atoms. The summed E-state index contributed by atoms with van der Waals surface area (Å²) in [6, 6.07) is 61.3. The molecule has 0 nitrogen and oxygen atoms in total. The Morgan fingerprint density at radius 2 is 0.776 bits per heavy atom. The van der Waals surface area contributed by atoms with E-state index in [-0.39, 0.29) is 0 Å². The van der Waals surface area contributed by atoms with Crippen molar-refractivity contribution in [2.45, 2.75) is 6.42 Å². The molecule has 2 aliphatic heterocycles. The number of fused-ring (bicyclic) bond motifs is 9. The SMILES string of the molecule is c1ccc([Si]2(c3ccc4c(c3)-c3cc([Si]5(c6ccccc6)c6ccccc6-c6sccc65)ccc3C4)c3ccccc3-c3sccc32)cc1. The van der Waals surface area contributed by atoms with Crippen molar-refractivity contribution in [3.05, 3.63) is 180 Å². The van der Waals surface area contributed by atoms with Crippen LogP contribution in [0.25, 0.3) is 32.0 Å². The standard InChI is InChI=1S/C45H30S2Si2/c1-3-11-32(12-4-1)48(40-17-9-7-15-36(40)44-42(48)23-25-46-44)34-21-19-30-27-31-20-22-35(29-39(31)38(30)28-34)49(33-13-5-2-6-14-33)41-18-10-8-16-37(41)45-43(49)24-26-47-45/h1-26,28-29H,27H2. The van der Waals surface area contributed by atoms with Crippen LogP contribution >= 0.6 is 22.7 Å². The van der Waals surface area contributed by atoms with E-state index in [2.05, 4.69) is 168 Å². The van der Waals surface area contributed by atoms with Crippen LogP contribution in [0.5, 0.6) is 0 Å². The van der Waals surface area contributed by atoms with E-state index in [1.807, 2.05) is 22.7 Å². The minimum absolute atomic E-state index is 0.992. The molecule has 230 valence electrons. The van der Waals surface area contributed by atoms with E-state index in [9.17, 15) is 0 Å². The van der Waals surface area contributed by atoms with Gasteiger partial charge < -0.3 is 0 Å². The number of hydrogen-bond acceptors (Lipinski definition) is 2. The first-order chi connectivity index (χ1) is 24.3. The Bertz CT molecular complexity index is 2420. The Labute approximate surface area is 296 Å². The van der Waals surface area contributed by atoms with Gasteiger partial charge in [-0.1, -0.05) is 158 Å². The molecule has 0 N–H and O–H groups in total. The summed E-state index contributed by atoms with van der Waals surface area (Å²) in [5.41, 5.74) is 8.59. The molecule has 0 amide bonds. The fourth-order valence-corrected chi connectivity index (χ4v) is 22.9. The lowest BCUT2D eigenvalue weighted by Gasteiger charge is -2.32. The third kappa shape index (κ3) is 3.57. The average molecular weight is 691 g/mol. The van der Waals surface area contributed by atoms with E-state index >= 15 is 0 Å². The smallest absolute Gasteiger partial charge is 0.144 e. The van der Waals surface area contributed by atoms with Crippen molar-refractivity contribution < 1.29 is 0 Å². The molecule has 2 aromatic heterocycles. The first-order valence-corrected chi connectivity index (χ1v) is 22.8. The van der Waals surface area contributed by atoms with E-state index in [4.69, 9.17) is 0 Å². The highest BCUT2D eigenvalue weighted by molar-refractivity contribution is 7.28. The molecule has 11 rings (SSSR count). The van der Waals surface area contributed by atoms with Crippen LogP contribution in [0.3, 0.4) is 0 Å². The maximum atomic E-state index is 2.61. The van der Waals surface area contributed by atoms with Crippen LogP contribution in [0.4, 0.5) is 0 Å². The zero-order chi connectivity index (χ0) is 32.2. The van der Waals surface area contributed by atoms with Gasteiger partial charge in [-0.3, -0.25) is 0 Å². The maximum Gasteiger partial charge on any atom is 0.181 e. The lowest BCUT2D eigenvalue weighted by molar-refractivity contribution is 1.27. The average Bonchev–Trinajstić information content (AvgIpc) is 3.99. The first kappa shape index (κ1) is 28.0. The third-order valence-corrected chi connectivity index (χ3v) is 23.4. The molecule has 0 spiro atoms. The molecule has 49 heavy (non-hydrogen) atoms. The second-order valence-corrected chi connectivity index (χ2v) is 22.9. The molecule has 2 atom stereocenters. The fraction of sp³-hybridized carbons (Fsp3) is 0.0222. The first-order valence-electron chi connectivity index (χ1n) is 17.0. The lowest BCUT2D eigenvalue weighted by atomic mass is 10.1. The van der Waals surface area contributed by atoms with Crippen LogP contribution in [0.2, 0.25) is 0 Å². The third-order valence-electron chi connectivity index (χ3n) is 11.5. The molecule has 1 aliphatic carbocycles. The molecular weight excluding hydrogens is 661 g/mol. The molecule has 0 radical (unpaired) electrons. The van der Waals surface area contributed by atoms with Crippen LogP contribution in [0.15, 0.2) is 168 Å². The van der Waals surface area contributed by atoms with Crippen LogP contribution in [0, 0.1) is 0 Å². The van der Waals surface area contributed by atoms with Crippen molar-refractivity contribution in [1.29, 1.82) is 0 Å². The minimum Gasteiger partial charge on any atom is -0.144 e. The summed E-state index contributed by atoms with van der Waals surface area (Å²) >= 11 is 3.81. The summed E-state index contributed by atoms with van der Waals surface area (Å²) in [5, 5.41) is 16.7. The highest BCUT2D eigenvalue weighted by Crippen LogP contribution is 2.39. The van der Waals surface area contributed by atoms with Gasteiger partial charge in [-0.25, -0.2) is 0 Å². The van der Waals surface area contributed by atoms with E-state index in [0.717, 1.165) is 6.42 Å². The van der Waals surface area contributed by atoms with Crippen molar-refractivity contribution in [2.75, 3.05) is 0 Å². The quantitative estimate of drug-likeness (QED) is 0.196. The highest BCUT2D eigenvalue weighted by Gasteiger charge is 2.51. The van der Waals surface area contributed by atoms with E-state index in [0.29, 0.717) is 0 Å². The number of benzene rings is 6. The van der Waals surface area contributed by atoms with Gasteiger partial charge in [0.05, 0.1) is 0 Å². The van der Waals surface area contributed by atoms with E-state index in [1.54, 1.807) is 10.4 Å². The Hall–Kier alpha value is -4.85. The summed E-state index contributed by atoms with van der Waals surface area (Å²) in [5.74, 6) is 0. The normalized spacial score (nSPS) is 19.1. The van der Waals surface area contributed by atoms with Crippen molar-refractivity contribution in [1.82, 2.24) is 0 Å². The van der Waals surface area contributed by atoms with Gasteiger partial charge in [-0.05, 0) is 92.1 Å². The Kier molecular flexibility index (Phi) is 5.91. The van der Waals surface area contributed by atoms with E-state index in [1.165, 1.54) is 74.3 Å². The molecular formula is C45H30S2Si2. The Morgan fingerprint density at radius 1 is 0.347 bits per heavy atom. The summed E-state index contributed by atoms with van der Waals surface area (Å²) in [4.78, 5) is 2.91. The summed E-state index contributed by atoms with van der Waals surface area (Å²) in [6.07, 6.45) is 0.992. The zero-order valence-electron chi connectivity index (χ0n) is 26.7. The van der Waals surface area contributed by atoms with Gasteiger partial charge in [0.15, 0.2) is 16.1 Å². The highest BCUT2D eigenvalue weighted by atomic mass is 32.1. The number of rotatable bonds is 4. The van der Waals surface area contributed by atoms with Crippen LogP contribution in [-0.4, -0.2) is 16.1 Å². The maximum absolute atomic E-state index is 2.61. The van der Waals surface area contributed by atoms with Crippen molar-refractivity contribution in [3.8, 4) is 32.0 Å². The van der Waals surface area contributed by atoms with Gasteiger partial charge in [-0.2, -0.15) is 0 Å². The molecule has 3 aliphatic rings. The summed E-state index contributed by atoms with van der Waals surface area (Å²) < 4.78 is 0. The van der Waals surface area contributed by atoms with Gasteiger partial charge in [0, 0.05) is 9.75 Å². The predicted molar refractivity (Wildman–Crippen MR) is 216 cm³/mol. The largest absolute Gasteiger partial charge is 0.181 e. The van der Waals surface area contributed by atoms with Crippen molar-refractivity contribution in [2.24, 2.45) is 0 Å². The second kappa shape index (κ2) is 10.3. The molecule has 4 heteroatoms. The lowest BCUT2D eigenvalue weighted by Crippen LogP contribution is -2.72. The molecule has 2 unspecified atom stereocenters. The van der Waals surface area contributed by atoms with Crippen molar-refractivity contribution in [3.63, 3.8) is 0 Å². The van der Waals surface area contributed by atoms with Gasteiger partial charge in [0.25, 0.3) is 0 Å². The van der Waals surface area contributed by atoms with Crippen LogP contribution in [0.1, 0.15) is 11.1 Å². The van der Waals surface area contributed by atoms with Gasteiger partial charge in [0.2, 0.25) is 0 Å². The van der Waals surface area contributed by atoms with Crippen LogP contribution in [-0.2, 0) is 6.42 Å². The number of thiophene rings is 2. The monoisotopic (exact) mass is 690 g/mol. The molecule has 4 heterocycles. The topological polar surface area (TPSA) is 0 Å². The van der Waals surface area contributed by atoms with Gasteiger partial charge in [-0.15, -0.1) is 22.7 Å². The Morgan fingerprint density at radius 3 is 1.24 bits per heavy atom. The molecule has 0 saturated carbocycles. The van der Waals surface area contributed by atoms with Gasteiger partial charge >= 0.3 is 0 Å². The van der Waals surface area contributed by atoms with Crippen molar-refractivity contribution >= 4 is 80.3 Å². The second-order valence-electron chi connectivity index (χ2n) is 13.6. The predicted octanol–water partition coefficient (Wildman–Crippen LogP) is 6.10. The number of hydrogen-bond donors (Lipinski definition) is 0. The molecule has 6 aromatic carbocycles. The molecule has 8 aromatic rings. The van der Waals surface area contributed by atoms with Crippen LogP contribution < -0.4 is 41.5 Å².